The van der Waals surface area contributed by atoms with Gasteiger partial charge in [-0.1, -0.05) is 6.42 Å². The fourth-order valence-electron chi connectivity index (χ4n) is 2.49. The quantitative estimate of drug-likeness (QED) is 0.816. The third-order valence-corrected chi connectivity index (χ3v) is 3.85. The average molecular weight is 262 g/mol. The van der Waals surface area contributed by atoms with Crippen LogP contribution in [0.25, 0.3) is 0 Å². The Morgan fingerprint density at radius 3 is 2.65 bits per heavy atom. The van der Waals surface area contributed by atoms with Crippen LogP contribution in [-0.2, 0) is 4.79 Å². The minimum atomic E-state index is 0. The van der Waals surface area contributed by atoms with E-state index in [0.717, 1.165) is 13.0 Å². The summed E-state index contributed by atoms with van der Waals surface area (Å²) < 4.78 is 0. The molecule has 2 aliphatic rings. The third-order valence-electron chi connectivity index (χ3n) is 3.85. The second-order valence-corrected chi connectivity index (χ2v) is 5.09. The van der Waals surface area contributed by atoms with E-state index in [4.69, 9.17) is 5.73 Å². The van der Waals surface area contributed by atoms with Gasteiger partial charge in [0.2, 0.25) is 5.91 Å². The maximum atomic E-state index is 12.0. The first kappa shape index (κ1) is 14.7. The second kappa shape index (κ2) is 6.57. The molecule has 0 spiro atoms. The van der Waals surface area contributed by atoms with Crippen LogP contribution < -0.4 is 5.73 Å². The standard InChI is InChI=1S/C12H23N3O.ClH/c1-14(10-5-6-10)12(16)9-15-7-3-2-4-11(15)8-13;/h10-11H,2-9,13H2,1H3;1H. The van der Waals surface area contributed by atoms with E-state index in [1.165, 1.54) is 25.7 Å². The predicted molar refractivity (Wildman–Crippen MR) is 71.3 cm³/mol. The first-order valence-electron chi connectivity index (χ1n) is 6.42. The molecule has 1 aliphatic carbocycles. The molecule has 0 radical (unpaired) electrons. The van der Waals surface area contributed by atoms with E-state index in [1.807, 2.05) is 11.9 Å². The number of nitrogens with zero attached hydrogens (tertiary/aromatic N) is 2. The summed E-state index contributed by atoms with van der Waals surface area (Å²) in [5, 5.41) is 0. The minimum absolute atomic E-state index is 0. The van der Waals surface area contributed by atoms with E-state index >= 15 is 0 Å². The molecular formula is C12H24ClN3O. The maximum absolute atomic E-state index is 12.0. The van der Waals surface area contributed by atoms with Crippen molar-refractivity contribution in [2.24, 2.45) is 5.73 Å². The molecule has 0 aromatic heterocycles. The number of hydrogen-bond donors (Lipinski definition) is 1. The van der Waals surface area contributed by atoms with Crippen LogP contribution in [-0.4, -0.2) is 54.5 Å². The predicted octanol–water partition coefficient (Wildman–Crippen LogP) is 0.842. The van der Waals surface area contributed by atoms with Gasteiger partial charge in [-0.3, -0.25) is 9.69 Å². The van der Waals surface area contributed by atoms with Gasteiger partial charge in [0.05, 0.1) is 6.54 Å². The average Bonchev–Trinajstić information content (AvgIpc) is 3.12. The molecule has 1 atom stereocenters. The molecule has 1 unspecified atom stereocenters. The highest BCUT2D eigenvalue weighted by molar-refractivity contribution is 5.85. The molecule has 0 aromatic carbocycles. The molecule has 5 heteroatoms. The van der Waals surface area contributed by atoms with Crippen LogP contribution in [0.3, 0.4) is 0 Å². The number of halogens is 1. The highest BCUT2D eigenvalue weighted by Crippen LogP contribution is 2.25. The summed E-state index contributed by atoms with van der Waals surface area (Å²) in [7, 11) is 1.93. The Hall–Kier alpha value is -0.320. The highest BCUT2D eigenvalue weighted by Gasteiger charge is 2.31. The van der Waals surface area contributed by atoms with Crippen molar-refractivity contribution >= 4 is 18.3 Å². The number of hydrogen-bond acceptors (Lipinski definition) is 3. The normalized spacial score (nSPS) is 25.2. The zero-order valence-corrected chi connectivity index (χ0v) is 11.4. The van der Waals surface area contributed by atoms with Crippen molar-refractivity contribution in [3.63, 3.8) is 0 Å². The lowest BCUT2D eigenvalue weighted by atomic mass is 10.0. The number of amides is 1. The fourth-order valence-corrected chi connectivity index (χ4v) is 2.49. The van der Waals surface area contributed by atoms with E-state index in [2.05, 4.69) is 4.90 Å². The molecule has 2 fully saturated rings. The number of nitrogens with two attached hydrogens (primary N) is 1. The number of likely N-dealkylation sites (N-methyl/N-ethyl adjacent to an activating group) is 1. The summed E-state index contributed by atoms with van der Waals surface area (Å²) in [6, 6.07) is 0.943. The molecule has 100 valence electrons. The van der Waals surface area contributed by atoms with Gasteiger partial charge in [-0.05, 0) is 32.2 Å². The highest BCUT2D eigenvalue weighted by atomic mass is 35.5. The number of piperidine rings is 1. The molecule has 1 aliphatic heterocycles. The van der Waals surface area contributed by atoms with E-state index in [-0.39, 0.29) is 18.3 Å². The molecule has 1 heterocycles. The van der Waals surface area contributed by atoms with E-state index in [0.29, 0.717) is 25.2 Å². The SMILES string of the molecule is CN(C(=O)CN1CCCCC1CN)C1CC1.Cl. The first-order valence-corrected chi connectivity index (χ1v) is 6.42. The van der Waals surface area contributed by atoms with Crippen LogP contribution >= 0.6 is 12.4 Å². The van der Waals surface area contributed by atoms with Gasteiger partial charge in [-0.15, -0.1) is 12.4 Å². The summed E-state index contributed by atoms with van der Waals surface area (Å²) in [5.74, 6) is 0.267. The van der Waals surface area contributed by atoms with Crippen molar-refractivity contribution in [2.75, 3.05) is 26.7 Å². The van der Waals surface area contributed by atoms with Crippen LogP contribution in [0.15, 0.2) is 0 Å². The lowest BCUT2D eigenvalue weighted by Crippen LogP contribution is -2.49. The Morgan fingerprint density at radius 1 is 1.35 bits per heavy atom. The molecule has 2 rings (SSSR count). The molecular weight excluding hydrogens is 238 g/mol. The lowest BCUT2D eigenvalue weighted by molar-refractivity contribution is -0.132. The molecule has 1 saturated carbocycles. The smallest absolute Gasteiger partial charge is 0.236 e. The first-order chi connectivity index (χ1) is 7.72. The van der Waals surface area contributed by atoms with Crippen LogP contribution in [0.5, 0.6) is 0 Å². The van der Waals surface area contributed by atoms with Gasteiger partial charge in [-0.25, -0.2) is 0 Å². The Labute approximate surface area is 110 Å². The second-order valence-electron chi connectivity index (χ2n) is 5.09. The number of carbonyl (C=O) groups is 1. The molecule has 17 heavy (non-hydrogen) atoms. The minimum Gasteiger partial charge on any atom is -0.342 e. The van der Waals surface area contributed by atoms with Crippen LogP contribution in [0.1, 0.15) is 32.1 Å². The zero-order valence-electron chi connectivity index (χ0n) is 10.6. The van der Waals surface area contributed by atoms with Crippen molar-refractivity contribution in [3.8, 4) is 0 Å². The number of likely N-dealkylation sites (tertiary alicyclic amines) is 1. The Bertz CT molecular complexity index is 258. The molecule has 0 bridgehead atoms. The molecule has 0 aromatic rings. The molecule has 1 amide bonds. The monoisotopic (exact) mass is 261 g/mol. The Balaban J connectivity index is 0.00000144. The van der Waals surface area contributed by atoms with Gasteiger partial charge in [-0.2, -0.15) is 0 Å². The van der Waals surface area contributed by atoms with Crippen LogP contribution in [0.2, 0.25) is 0 Å². The van der Waals surface area contributed by atoms with E-state index < -0.39 is 0 Å². The van der Waals surface area contributed by atoms with Gasteiger partial charge < -0.3 is 10.6 Å². The molecule has 4 nitrogen and oxygen atoms in total. The summed E-state index contributed by atoms with van der Waals surface area (Å²) in [5.41, 5.74) is 5.75. The summed E-state index contributed by atoms with van der Waals surface area (Å²) in [6.45, 7) is 2.28. The van der Waals surface area contributed by atoms with Crippen molar-refractivity contribution in [1.82, 2.24) is 9.80 Å². The summed E-state index contributed by atoms with van der Waals surface area (Å²) in [6.07, 6.45) is 5.98. The molecule has 2 N–H and O–H groups in total. The number of rotatable bonds is 4. The van der Waals surface area contributed by atoms with Gasteiger partial charge in [0.1, 0.15) is 0 Å². The fraction of sp³-hybridized carbons (Fsp3) is 0.917. The van der Waals surface area contributed by atoms with Gasteiger partial charge in [0.25, 0.3) is 0 Å². The van der Waals surface area contributed by atoms with Crippen molar-refractivity contribution in [3.05, 3.63) is 0 Å². The van der Waals surface area contributed by atoms with Gasteiger partial charge >= 0.3 is 0 Å². The van der Waals surface area contributed by atoms with Gasteiger partial charge in [0, 0.05) is 25.7 Å². The number of carbonyl (C=O) groups excluding carboxylic acids is 1. The molecule has 1 saturated heterocycles. The zero-order chi connectivity index (χ0) is 11.5. The lowest BCUT2D eigenvalue weighted by Gasteiger charge is -2.35. The van der Waals surface area contributed by atoms with Crippen LogP contribution in [0, 0.1) is 0 Å². The van der Waals surface area contributed by atoms with E-state index in [1.54, 1.807) is 0 Å². The topological polar surface area (TPSA) is 49.6 Å². The largest absolute Gasteiger partial charge is 0.342 e. The van der Waals surface area contributed by atoms with Crippen LogP contribution in [0.4, 0.5) is 0 Å². The summed E-state index contributed by atoms with van der Waals surface area (Å²) >= 11 is 0. The maximum Gasteiger partial charge on any atom is 0.236 e. The van der Waals surface area contributed by atoms with Crippen molar-refractivity contribution in [2.45, 2.75) is 44.2 Å². The van der Waals surface area contributed by atoms with Crippen molar-refractivity contribution < 1.29 is 4.79 Å². The Kier molecular flexibility index (Phi) is 5.70. The third kappa shape index (κ3) is 3.83. The van der Waals surface area contributed by atoms with E-state index in [9.17, 15) is 4.79 Å². The summed E-state index contributed by atoms with van der Waals surface area (Å²) in [4.78, 5) is 16.2. The van der Waals surface area contributed by atoms with Crippen molar-refractivity contribution in [1.29, 1.82) is 0 Å². The van der Waals surface area contributed by atoms with Gasteiger partial charge in [0.15, 0.2) is 0 Å². The Morgan fingerprint density at radius 2 is 2.06 bits per heavy atom.